The maximum absolute atomic E-state index is 4.20. The van der Waals surface area contributed by atoms with Gasteiger partial charge in [0.05, 0.1) is 13.2 Å². The second-order valence-electron chi connectivity index (χ2n) is 3.42. The van der Waals surface area contributed by atoms with E-state index in [1.54, 1.807) is 0 Å². The van der Waals surface area contributed by atoms with E-state index in [-0.39, 0.29) is 0 Å². The molecular formula is C11H10N3+. The first-order chi connectivity index (χ1) is 6.84. The smallest absolute Gasteiger partial charge is 0.203 e. The van der Waals surface area contributed by atoms with Gasteiger partial charge in [0, 0.05) is 16.6 Å². The molecule has 0 unspecified atom stereocenters. The van der Waals surface area contributed by atoms with Crippen molar-refractivity contribution in [1.29, 1.82) is 0 Å². The van der Waals surface area contributed by atoms with E-state index >= 15 is 0 Å². The highest BCUT2D eigenvalue weighted by molar-refractivity contribution is 5.82. The SMILES string of the molecule is Cn1nc[n+]2cc3ccccc3cc12. The first kappa shape index (κ1) is 7.50. The molecule has 3 aromatic rings. The number of hydrogen-bond acceptors (Lipinski definition) is 1. The minimum atomic E-state index is 1.10. The van der Waals surface area contributed by atoms with E-state index in [0.717, 1.165) is 5.65 Å². The zero-order valence-electron chi connectivity index (χ0n) is 7.88. The normalized spacial score (nSPS) is 11.2. The number of nitrogens with zero attached hydrogens (tertiary/aromatic N) is 3. The predicted molar refractivity (Wildman–Crippen MR) is 53.9 cm³/mol. The van der Waals surface area contributed by atoms with Crippen molar-refractivity contribution in [1.82, 2.24) is 9.78 Å². The molecule has 0 N–H and O–H groups in total. The molecule has 0 aliphatic carbocycles. The predicted octanol–water partition coefficient (Wildman–Crippen LogP) is 1.31. The van der Waals surface area contributed by atoms with Gasteiger partial charge in [-0.3, -0.25) is 0 Å². The molecule has 2 aromatic heterocycles. The Kier molecular flexibility index (Phi) is 1.36. The molecule has 3 nitrogen and oxygen atoms in total. The van der Waals surface area contributed by atoms with E-state index < -0.39 is 0 Å². The van der Waals surface area contributed by atoms with Crippen molar-refractivity contribution in [3.8, 4) is 0 Å². The third-order valence-electron chi connectivity index (χ3n) is 2.50. The summed E-state index contributed by atoms with van der Waals surface area (Å²) < 4.78 is 3.90. The number of pyridine rings is 1. The Morgan fingerprint density at radius 2 is 2.00 bits per heavy atom. The number of aromatic nitrogens is 3. The molecule has 3 rings (SSSR count). The van der Waals surface area contributed by atoms with E-state index in [2.05, 4.69) is 35.6 Å². The molecule has 0 radical (unpaired) electrons. The second-order valence-corrected chi connectivity index (χ2v) is 3.42. The van der Waals surface area contributed by atoms with Gasteiger partial charge in [0.2, 0.25) is 0 Å². The minimum absolute atomic E-state index is 1.10. The lowest BCUT2D eigenvalue weighted by molar-refractivity contribution is -0.510. The van der Waals surface area contributed by atoms with Crippen LogP contribution in [0.2, 0.25) is 0 Å². The molecule has 0 saturated heterocycles. The van der Waals surface area contributed by atoms with Crippen LogP contribution in [0.4, 0.5) is 0 Å². The van der Waals surface area contributed by atoms with Gasteiger partial charge in [-0.15, -0.1) is 4.68 Å². The lowest BCUT2D eigenvalue weighted by Crippen LogP contribution is -2.18. The van der Waals surface area contributed by atoms with Crippen molar-refractivity contribution in [2.75, 3.05) is 0 Å². The van der Waals surface area contributed by atoms with Crippen molar-refractivity contribution in [3.63, 3.8) is 0 Å². The van der Waals surface area contributed by atoms with Crippen LogP contribution < -0.4 is 4.40 Å². The Hall–Kier alpha value is -1.90. The summed E-state index contributed by atoms with van der Waals surface area (Å²) in [6.07, 6.45) is 3.92. The van der Waals surface area contributed by atoms with Gasteiger partial charge >= 0.3 is 0 Å². The molecule has 2 heterocycles. The van der Waals surface area contributed by atoms with Gasteiger partial charge in [-0.05, 0) is 5.39 Å². The van der Waals surface area contributed by atoms with E-state index in [1.165, 1.54) is 10.8 Å². The molecule has 0 amide bonds. The van der Waals surface area contributed by atoms with Crippen LogP contribution >= 0.6 is 0 Å². The summed E-state index contributed by atoms with van der Waals surface area (Å²) in [7, 11) is 1.95. The fourth-order valence-electron chi connectivity index (χ4n) is 1.73. The summed E-state index contributed by atoms with van der Waals surface area (Å²) in [5, 5.41) is 6.68. The summed E-state index contributed by atoms with van der Waals surface area (Å²) >= 11 is 0. The van der Waals surface area contributed by atoms with Gasteiger partial charge in [0.25, 0.3) is 12.0 Å². The van der Waals surface area contributed by atoms with Crippen LogP contribution in [0.3, 0.4) is 0 Å². The topological polar surface area (TPSA) is 21.9 Å². The fraction of sp³-hybridized carbons (Fsp3) is 0.0909. The molecule has 0 aliphatic heterocycles. The maximum atomic E-state index is 4.20. The van der Waals surface area contributed by atoms with Crippen LogP contribution in [-0.2, 0) is 7.05 Å². The third-order valence-corrected chi connectivity index (χ3v) is 2.50. The molecule has 0 fully saturated rings. The maximum Gasteiger partial charge on any atom is 0.270 e. The second kappa shape index (κ2) is 2.54. The minimum Gasteiger partial charge on any atom is -0.203 e. The van der Waals surface area contributed by atoms with Gasteiger partial charge < -0.3 is 0 Å². The van der Waals surface area contributed by atoms with Crippen LogP contribution in [0.15, 0.2) is 42.9 Å². The van der Waals surface area contributed by atoms with E-state index in [9.17, 15) is 0 Å². The van der Waals surface area contributed by atoms with Crippen molar-refractivity contribution in [3.05, 3.63) is 42.9 Å². The zero-order valence-corrected chi connectivity index (χ0v) is 7.88. The summed E-state index contributed by atoms with van der Waals surface area (Å²) in [6, 6.07) is 10.5. The van der Waals surface area contributed by atoms with Gasteiger partial charge in [-0.2, -0.15) is 0 Å². The highest BCUT2D eigenvalue weighted by atomic mass is 15.3. The molecule has 14 heavy (non-hydrogen) atoms. The number of aryl methyl sites for hydroxylation is 1. The van der Waals surface area contributed by atoms with E-state index in [1.807, 2.05) is 28.5 Å². The Bertz CT molecular complexity index is 610. The largest absolute Gasteiger partial charge is 0.270 e. The van der Waals surface area contributed by atoms with Crippen LogP contribution in [-0.4, -0.2) is 9.78 Å². The molecule has 0 aliphatic rings. The highest BCUT2D eigenvalue weighted by Crippen LogP contribution is 2.12. The van der Waals surface area contributed by atoms with Crippen molar-refractivity contribution in [2.45, 2.75) is 0 Å². The number of benzene rings is 1. The molecule has 1 aromatic carbocycles. The Balaban J connectivity index is 2.54. The van der Waals surface area contributed by atoms with Gasteiger partial charge in [0.1, 0.15) is 0 Å². The quantitative estimate of drug-likeness (QED) is 0.483. The molecular weight excluding hydrogens is 174 g/mol. The Morgan fingerprint density at radius 1 is 1.21 bits per heavy atom. The van der Waals surface area contributed by atoms with Crippen LogP contribution in [0.25, 0.3) is 16.4 Å². The number of fused-ring (bicyclic) bond motifs is 2. The summed E-state index contributed by atoms with van der Waals surface area (Å²) in [4.78, 5) is 0. The Morgan fingerprint density at radius 3 is 2.86 bits per heavy atom. The van der Waals surface area contributed by atoms with Crippen molar-refractivity contribution < 1.29 is 4.40 Å². The van der Waals surface area contributed by atoms with Crippen LogP contribution in [0.1, 0.15) is 0 Å². The summed E-state index contributed by atoms with van der Waals surface area (Å²) in [6.45, 7) is 0. The zero-order chi connectivity index (χ0) is 9.54. The molecule has 0 bridgehead atoms. The van der Waals surface area contributed by atoms with Crippen molar-refractivity contribution in [2.24, 2.45) is 7.05 Å². The first-order valence-corrected chi connectivity index (χ1v) is 4.56. The molecule has 3 heteroatoms. The lowest BCUT2D eigenvalue weighted by atomic mass is 10.2. The molecule has 68 valence electrons. The van der Waals surface area contributed by atoms with Gasteiger partial charge in [0.15, 0.2) is 0 Å². The van der Waals surface area contributed by atoms with Crippen LogP contribution in [0.5, 0.6) is 0 Å². The molecule has 0 atom stereocenters. The Labute approximate surface area is 81.2 Å². The lowest BCUT2D eigenvalue weighted by Gasteiger charge is -1.94. The average molecular weight is 184 g/mol. The highest BCUT2D eigenvalue weighted by Gasteiger charge is 2.07. The number of rotatable bonds is 0. The monoisotopic (exact) mass is 184 g/mol. The van der Waals surface area contributed by atoms with E-state index in [0.29, 0.717) is 0 Å². The van der Waals surface area contributed by atoms with Crippen molar-refractivity contribution >= 4 is 16.4 Å². The fourth-order valence-corrected chi connectivity index (χ4v) is 1.73. The standard InChI is InChI=1S/C11H10N3/c1-13-11-6-9-4-2-3-5-10(9)7-14(11)8-12-13/h2-8H,1H3/q+1. The van der Waals surface area contributed by atoms with E-state index in [4.69, 9.17) is 0 Å². The van der Waals surface area contributed by atoms with Gasteiger partial charge in [-0.25, -0.2) is 4.40 Å². The average Bonchev–Trinajstić information content (AvgIpc) is 2.57. The summed E-state index contributed by atoms with van der Waals surface area (Å²) in [5.74, 6) is 0. The van der Waals surface area contributed by atoms with Gasteiger partial charge in [-0.1, -0.05) is 24.3 Å². The third kappa shape index (κ3) is 0.923. The molecule has 0 spiro atoms. The first-order valence-electron chi connectivity index (χ1n) is 4.56. The molecule has 0 saturated carbocycles. The van der Waals surface area contributed by atoms with Crippen LogP contribution in [0, 0.1) is 0 Å². The summed E-state index contributed by atoms with van der Waals surface area (Å²) in [5.41, 5.74) is 1.10. The number of hydrogen-bond donors (Lipinski definition) is 0.